The van der Waals surface area contributed by atoms with Crippen molar-refractivity contribution < 1.29 is 0 Å². The molecule has 1 heteroatoms. The second-order valence-electron chi connectivity index (χ2n) is 1.63. The summed E-state index contributed by atoms with van der Waals surface area (Å²) >= 11 is 0. The van der Waals surface area contributed by atoms with Crippen LogP contribution in [0.2, 0.25) is 0 Å². The molecule has 1 nitrogen and oxygen atoms in total. The Morgan fingerprint density at radius 3 is 3.50 bits per heavy atom. The Morgan fingerprint density at radius 1 is 1.75 bits per heavy atom. The van der Waals surface area contributed by atoms with Crippen LogP contribution in [0.4, 0.5) is 0 Å². The summed E-state index contributed by atoms with van der Waals surface area (Å²) in [6, 6.07) is 0. The summed E-state index contributed by atoms with van der Waals surface area (Å²) in [7, 11) is 0. The van der Waals surface area contributed by atoms with E-state index in [1.165, 1.54) is 0 Å². The molecule has 0 aromatic heterocycles. The third kappa shape index (κ3) is 1.21. The van der Waals surface area contributed by atoms with E-state index in [2.05, 4.69) is 17.3 Å². The third-order valence-corrected chi connectivity index (χ3v) is 0.858. The van der Waals surface area contributed by atoms with E-state index >= 15 is 0 Å². The average molecular weight is 105 g/mol. The van der Waals surface area contributed by atoms with E-state index in [1.807, 2.05) is 6.08 Å². The SMILES string of the molecule is C=C1C=C=CC=NC1. The number of aliphatic imine (C=N–C) groups is 1. The zero-order chi connectivity index (χ0) is 5.82. The first kappa shape index (κ1) is 5.07. The first-order valence-corrected chi connectivity index (χ1v) is 2.48. The molecule has 0 fully saturated rings. The van der Waals surface area contributed by atoms with E-state index in [1.54, 1.807) is 12.3 Å². The van der Waals surface area contributed by atoms with Gasteiger partial charge in [-0.15, -0.1) is 5.73 Å². The van der Waals surface area contributed by atoms with Gasteiger partial charge in [-0.2, -0.15) is 0 Å². The Labute approximate surface area is 48.7 Å². The van der Waals surface area contributed by atoms with Crippen molar-refractivity contribution in [3.8, 4) is 0 Å². The van der Waals surface area contributed by atoms with Crippen molar-refractivity contribution in [2.24, 2.45) is 4.99 Å². The van der Waals surface area contributed by atoms with E-state index in [9.17, 15) is 0 Å². The molecule has 0 bridgehead atoms. The van der Waals surface area contributed by atoms with Gasteiger partial charge in [-0.1, -0.05) is 6.58 Å². The van der Waals surface area contributed by atoms with Crippen LogP contribution in [0, 0.1) is 0 Å². The molecule has 0 amide bonds. The maximum Gasteiger partial charge on any atom is 0.0640 e. The van der Waals surface area contributed by atoms with Gasteiger partial charge in [-0.3, -0.25) is 4.99 Å². The molecule has 0 spiro atoms. The van der Waals surface area contributed by atoms with E-state index in [0.29, 0.717) is 6.54 Å². The molecule has 0 aromatic rings. The Bertz CT molecular complexity index is 181. The van der Waals surface area contributed by atoms with Crippen LogP contribution in [0.3, 0.4) is 0 Å². The highest BCUT2D eigenvalue weighted by atomic mass is 14.7. The molecule has 0 saturated heterocycles. The molecule has 40 valence electrons. The van der Waals surface area contributed by atoms with Crippen molar-refractivity contribution >= 4 is 6.21 Å². The second kappa shape index (κ2) is 2.29. The van der Waals surface area contributed by atoms with Gasteiger partial charge < -0.3 is 0 Å². The molecule has 0 radical (unpaired) electrons. The van der Waals surface area contributed by atoms with Gasteiger partial charge in [0.1, 0.15) is 0 Å². The predicted octanol–water partition coefficient (Wildman–Crippen LogP) is 1.34. The quantitative estimate of drug-likeness (QED) is 0.412. The van der Waals surface area contributed by atoms with Crippen molar-refractivity contribution in [2.75, 3.05) is 6.54 Å². The van der Waals surface area contributed by atoms with Crippen molar-refractivity contribution in [1.82, 2.24) is 0 Å². The first-order chi connectivity index (χ1) is 3.89. The zero-order valence-corrected chi connectivity index (χ0v) is 4.59. The topological polar surface area (TPSA) is 12.4 Å². The van der Waals surface area contributed by atoms with Crippen LogP contribution in [0.1, 0.15) is 0 Å². The summed E-state index contributed by atoms with van der Waals surface area (Å²) in [5.41, 5.74) is 3.91. The summed E-state index contributed by atoms with van der Waals surface area (Å²) in [4.78, 5) is 3.98. The minimum absolute atomic E-state index is 0.712. The standard InChI is InChI=1S/C7H7N/c1-7-4-2-3-5-8-6-7/h3-5H,1,6H2. The predicted molar refractivity (Wildman–Crippen MR) is 35.2 cm³/mol. The Morgan fingerprint density at radius 2 is 2.62 bits per heavy atom. The smallest absolute Gasteiger partial charge is 0.0640 e. The van der Waals surface area contributed by atoms with Gasteiger partial charge in [-0.25, -0.2) is 0 Å². The maximum absolute atomic E-state index is 3.98. The number of nitrogens with zero attached hydrogens (tertiary/aromatic N) is 1. The molecule has 1 rings (SSSR count). The summed E-state index contributed by atoms with van der Waals surface area (Å²) < 4.78 is 0. The van der Waals surface area contributed by atoms with Crippen molar-refractivity contribution in [2.45, 2.75) is 0 Å². The van der Waals surface area contributed by atoms with Gasteiger partial charge in [0.25, 0.3) is 0 Å². The molecule has 0 unspecified atom stereocenters. The number of hydrogen-bond acceptors (Lipinski definition) is 1. The molecule has 1 aliphatic heterocycles. The lowest BCUT2D eigenvalue weighted by Crippen LogP contribution is -1.78. The minimum atomic E-state index is 0.712. The highest BCUT2D eigenvalue weighted by Gasteiger charge is 1.83. The van der Waals surface area contributed by atoms with Gasteiger partial charge in [0.2, 0.25) is 0 Å². The van der Waals surface area contributed by atoms with E-state index in [0.717, 1.165) is 5.57 Å². The Balaban J connectivity index is 2.84. The van der Waals surface area contributed by atoms with Crippen LogP contribution < -0.4 is 0 Å². The Hall–Kier alpha value is -1.07. The fourth-order valence-corrected chi connectivity index (χ4v) is 0.477. The van der Waals surface area contributed by atoms with Gasteiger partial charge in [0.05, 0.1) is 6.54 Å². The molecule has 0 saturated carbocycles. The maximum atomic E-state index is 3.98. The molecular formula is C7H7N. The van der Waals surface area contributed by atoms with Crippen LogP contribution in [-0.4, -0.2) is 12.8 Å². The monoisotopic (exact) mass is 105 g/mol. The van der Waals surface area contributed by atoms with Crippen molar-refractivity contribution in [3.63, 3.8) is 0 Å². The molecule has 0 aliphatic carbocycles. The summed E-state index contributed by atoms with van der Waals surface area (Å²) in [6.07, 6.45) is 5.35. The van der Waals surface area contributed by atoms with Gasteiger partial charge in [-0.05, 0) is 17.7 Å². The molecule has 0 N–H and O–H groups in total. The Kier molecular flexibility index (Phi) is 1.45. The summed E-state index contributed by atoms with van der Waals surface area (Å²) in [5.74, 6) is 0. The van der Waals surface area contributed by atoms with Crippen LogP contribution in [0.15, 0.2) is 35.0 Å². The minimum Gasteiger partial charge on any atom is -0.288 e. The van der Waals surface area contributed by atoms with Gasteiger partial charge in [0, 0.05) is 6.21 Å². The number of hydrogen-bond donors (Lipinski definition) is 0. The first-order valence-electron chi connectivity index (χ1n) is 2.48. The van der Waals surface area contributed by atoms with Crippen molar-refractivity contribution in [1.29, 1.82) is 0 Å². The average Bonchev–Trinajstić information content (AvgIpc) is 1.94. The van der Waals surface area contributed by atoms with Crippen LogP contribution in [0.5, 0.6) is 0 Å². The lowest BCUT2D eigenvalue weighted by molar-refractivity contribution is 1.21. The lowest BCUT2D eigenvalue weighted by atomic mass is 10.3. The fourth-order valence-electron chi connectivity index (χ4n) is 0.477. The van der Waals surface area contributed by atoms with Crippen molar-refractivity contribution in [3.05, 3.63) is 30.0 Å². The third-order valence-electron chi connectivity index (χ3n) is 0.858. The molecule has 8 heavy (non-hydrogen) atoms. The van der Waals surface area contributed by atoms with E-state index in [4.69, 9.17) is 0 Å². The second-order valence-corrected chi connectivity index (χ2v) is 1.63. The van der Waals surface area contributed by atoms with Crippen LogP contribution in [-0.2, 0) is 0 Å². The molecule has 1 aliphatic rings. The fraction of sp³-hybridized carbons (Fsp3) is 0.143. The lowest BCUT2D eigenvalue weighted by Gasteiger charge is -1.85. The highest BCUT2D eigenvalue weighted by Crippen LogP contribution is 1.93. The van der Waals surface area contributed by atoms with E-state index < -0.39 is 0 Å². The van der Waals surface area contributed by atoms with Crippen LogP contribution in [0.25, 0.3) is 0 Å². The largest absolute Gasteiger partial charge is 0.288 e. The van der Waals surface area contributed by atoms with Gasteiger partial charge in [0.15, 0.2) is 0 Å². The van der Waals surface area contributed by atoms with Gasteiger partial charge >= 0.3 is 0 Å². The molecule has 1 heterocycles. The van der Waals surface area contributed by atoms with Crippen LogP contribution >= 0.6 is 0 Å². The molecular weight excluding hydrogens is 98.1 g/mol. The highest BCUT2D eigenvalue weighted by molar-refractivity contribution is 5.71. The molecule has 0 atom stereocenters. The summed E-state index contributed by atoms with van der Waals surface area (Å²) in [6.45, 7) is 4.43. The zero-order valence-electron chi connectivity index (χ0n) is 4.59. The molecule has 0 aromatic carbocycles. The van der Waals surface area contributed by atoms with E-state index in [-0.39, 0.29) is 0 Å². The normalized spacial score (nSPS) is 16.8. The number of rotatable bonds is 0. The summed E-state index contributed by atoms with van der Waals surface area (Å²) in [5, 5.41) is 0.